The van der Waals surface area contributed by atoms with Crippen molar-refractivity contribution in [3.05, 3.63) is 47.1 Å². The molecule has 1 aliphatic carbocycles. The molecule has 0 radical (unpaired) electrons. The van der Waals surface area contributed by atoms with E-state index >= 15 is 0 Å². The van der Waals surface area contributed by atoms with Crippen molar-refractivity contribution in [2.24, 2.45) is 5.92 Å². The van der Waals surface area contributed by atoms with Crippen molar-refractivity contribution in [1.82, 2.24) is 0 Å². The molecule has 0 aromatic heterocycles. The summed E-state index contributed by atoms with van der Waals surface area (Å²) in [4.78, 5) is 10.7. The Balaban J connectivity index is 2.39. The van der Waals surface area contributed by atoms with Crippen molar-refractivity contribution in [2.45, 2.75) is 45.4 Å². The van der Waals surface area contributed by atoms with Crippen LogP contribution in [-0.2, 0) is 11.2 Å². The summed E-state index contributed by atoms with van der Waals surface area (Å²) in [6.45, 7) is 8.07. The molecule has 0 saturated heterocycles. The SMILES string of the molecule is C=C(C)[C@@H]1CCC(C)=C[C@H]1c1c(O)cc(CCC(=O)O)cc1O. The summed E-state index contributed by atoms with van der Waals surface area (Å²) in [5, 5.41) is 29.6. The second-order valence-electron chi connectivity index (χ2n) is 6.47. The molecule has 4 nitrogen and oxygen atoms in total. The summed E-state index contributed by atoms with van der Waals surface area (Å²) >= 11 is 0. The number of aromatic hydroxyl groups is 2. The maximum absolute atomic E-state index is 10.7. The van der Waals surface area contributed by atoms with E-state index in [2.05, 4.69) is 19.6 Å². The molecule has 0 aliphatic heterocycles. The van der Waals surface area contributed by atoms with E-state index in [4.69, 9.17) is 5.11 Å². The van der Waals surface area contributed by atoms with Crippen molar-refractivity contribution in [1.29, 1.82) is 0 Å². The number of aliphatic carboxylic acids is 1. The van der Waals surface area contributed by atoms with Crippen LogP contribution in [0.4, 0.5) is 0 Å². The molecule has 4 heteroatoms. The Labute approximate surface area is 136 Å². The van der Waals surface area contributed by atoms with Crippen molar-refractivity contribution in [2.75, 3.05) is 0 Å². The molecular weight excluding hydrogens is 292 g/mol. The number of carboxylic acids is 1. The van der Waals surface area contributed by atoms with Gasteiger partial charge in [0.1, 0.15) is 11.5 Å². The molecule has 23 heavy (non-hydrogen) atoms. The Morgan fingerprint density at radius 1 is 1.30 bits per heavy atom. The highest BCUT2D eigenvalue weighted by molar-refractivity contribution is 5.67. The molecule has 0 heterocycles. The predicted molar refractivity (Wildman–Crippen MR) is 89.8 cm³/mol. The van der Waals surface area contributed by atoms with Crippen LogP contribution in [0.3, 0.4) is 0 Å². The van der Waals surface area contributed by atoms with Gasteiger partial charge in [-0.2, -0.15) is 0 Å². The number of carboxylic acid groups (broad SMARTS) is 1. The lowest BCUT2D eigenvalue weighted by Crippen LogP contribution is -2.17. The summed E-state index contributed by atoms with van der Waals surface area (Å²) < 4.78 is 0. The van der Waals surface area contributed by atoms with Gasteiger partial charge in [-0.1, -0.05) is 23.8 Å². The summed E-state index contributed by atoms with van der Waals surface area (Å²) in [5.41, 5.74) is 3.40. The number of rotatable bonds is 5. The fraction of sp³-hybridized carbons (Fsp3) is 0.421. The van der Waals surface area contributed by atoms with E-state index < -0.39 is 5.97 Å². The van der Waals surface area contributed by atoms with Gasteiger partial charge >= 0.3 is 5.97 Å². The van der Waals surface area contributed by atoms with Gasteiger partial charge in [0.25, 0.3) is 0 Å². The molecule has 2 rings (SSSR count). The van der Waals surface area contributed by atoms with Crippen LogP contribution in [0.15, 0.2) is 35.9 Å². The minimum atomic E-state index is -0.902. The third-order valence-corrected chi connectivity index (χ3v) is 4.54. The Hall–Kier alpha value is -2.23. The number of carbonyl (C=O) groups is 1. The van der Waals surface area contributed by atoms with Crippen LogP contribution in [0.1, 0.15) is 50.2 Å². The molecule has 1 aliphatic rings. The first-order chi connectivity index (χ1) is 10.8. The molecule has 0 unspecified atom stereocenters. The van der Waals surface area contributed by atoms with Crippen LogP contribution in [0.2, 0.25) is 0 Å². The van der Waals surface area contributed by atoms with Crippen molar-refractivity contribution in [3.63, 3.8) is 0 Å². The Kier molecular flexibility index (Phi) is 5.14. The van der Waals surface area contributed by atoms with Gasteiger partial charge in [0.05, 0.1) is 0 Å². The lowest BCUT2D eigenvalue weighted by atomic mass is 9.73. The van der Waals surface area contributed by atoms with E-state index in [-0.39, 0.29) is 36.2 Å². The van der Waals surface area contributed by atoms with Gasteiger partial charge in [-0.25, -0.2) is 0 Å². The lowest BCUT2D eigenvalue weighted by Gasteiger charge is -2.31. The zero-order chi connectivity index (χ0) is 17.1. The van der Waals surface area contributed by atoms with Gasteiger partial charge in [-0.15, -0.1) is 0 Å². The molecule has 0 spiro atoms. The van der Waals surface area contributed by atoms with Gasteiger partial charge in [-0.05, 0) is 56.7 Å². The highest BCUT2D eigenvalue weighted by Gasteiger charge is 2.30. The van der Waals surface area contributed by atoms with Gasteiger partial charge < -0.3 is 15.3 Å². The molecule has 0 amide bonds. The number of phenolic OH excluding ortho intramolecular Hbond substituents is 2. The minimum Gasteiger partial charge on any atom is -0.507 e. The van der Waals surface area contributed by atoms with E-state index in [0.29, 0.717) is 11.1 Å². The summed E-state index contributed by atoms with van der Waals surface area (Å²) in [7, 11) is 0. The Bertz CT molecular complexity index is 634. The number of hydrogen-bond acceptors (Lipinski definition) is 3. The molecule has 1 aromatic carbocycles. The second kappa shape index (κ2) is 6.90. The molecule has 0 fully saturated rings. The first kappa shape index (κ1) is 17.1. The zero-order valence-electron chi connectivity index (χ0n) is 13.7. The van der Waals surface area contributed by atoms with Crippen LogP contribution in [-0.4, -0.2) is 21.3 Å². The third-order valence-electron chi connectivity index (χ3n) is 4.54. The molecular formula is C19H24O4. The molecule has 2 atom stereocenters. The largest absolute Gasteiger partial charge is 0.507 e. The van der Waals surface area contributed by atoms with Gasteiger partial charge in [0, 0.05) is 17.9 Å². The van der Waals surface area contributed by atoms with Crippen LogP contribution < -0.4 is 0 Å². The molecule has 3 N–H and O–H groups in total. The van der Waals surface area contributed by atoms with E-state index in [1.807, 2.05) is 6.92 Å². The van der Waals surface area contributed by atoms with Crippen LogP contribution in [0.5, 0.6) is 11.5 Å². The summed E-state index contributed by atoms with van der Waals surface area (Å²) in [6.07, 6.45) is 4.28. The van der Waals surface area contributed by atoms with Gasteiger partial charge in [0.15, 0.2) is 0 Å². The number of hydrogen-bond donors (Lipinski definition) is 3. The maximum Gasteiger partial charge on any atom is 0.303 e. The van der Waals surface area contributed by atoms with Crippen LogP contribution >= 0.6 is 0 Å². The molecule has 124 valence electrons. The predicted octanol–water partition coefficient (Wildman–Crippen LogP) is 4.13. The fourth-order valence-electron chi connectivity index (χ4n) is 3.32. The number of benzene rings is 1. The average Bonchev–Trinajstić information content (AvgIpc) is 2.44. The normalized spacial score (nSPS) is 20.9. The summed E-state index contributed by atoms with van der Waals surface area (Å²) in [5.74, 6) is -0.781. The Morgan fingerprint density at radius 2 is 1.91 bits per heavy atom. The fourth-order valence-corrected chi connectivity index (χ4v) is 3.32. The average molecular weight is 316 g/mol. The number of phenols is 2. The quantitative estimate of drug-likeness (QED) is 0.714. The van der Waals surface area contributed by atoms with E-state index in [0.717, 1.165) is 18.4 Å². The van der Waals surface area contributed by atoms with Crippen molar-refractivity contribution in [3.8, 4) is 11.5 Å². The minimum absolute atomic E-state index is 0.0209. The lowest BCUT2D eigenvalue weighted by molar-refractivity contribution is -0.136. The first-order valence-corrected chi connectivity index (χ1v) is 7.88. The topological polar surface area (TPSA) is 77.8 Å². The highest BCUT2D eigenvalue weighted by Crippen LogP contribution is 2.46. The van der Waals surface area contributed by atoms with Gasteiger partial charge in [-0.3, -0.25) is 4.79 Å². The number of allylic oxidation sites excluding steroid dienone is 3. The summed E-state index contributed by atoms with van der Waals surface area (Å²) in [6, 6.07) is 3.12. The van der Waals surface area contributed by atoms with Crippen molar-refractivity contribution >= 4 is 5.97 Å². The van der Waals surface area contributed by atoms with Crippen LogP contribution in [0, 0.1) is 5.92 Å². The first-order valence-electron chi connectivity index (χ1n) is 7.88. The third kappa shape index (κ3) is 3.95. The monoisotopic (exact) mass is 316 g/mol. The Morgan fingerprint density at radius 3 is 2.43 bits per heavy atom. The number of aryl methyl sites for hydroxylation is 1. The molecule has 0 bridgehead atoms. The maximum atomic E-state index is 10.7. The standard InChI is InChI=1S/C19H24O4/c1-11(2)14-6-4-12(3)8-15(14)19-16(20)9-13(10-17(19)21)5-7-18(22)23/h8-10,14-15,20-21H,1,4-7H2,2-3H3,(H,22,23)/t14-,15+/m0/s1. The highest BCUT2D eigenvalue weighted by atomic mass is 16.4. The molecule has 0 saturated carbocycles. The van der Waals surface area contributed by atoms with Crippen molar-refractivity contribution < 1.29 is 20.1 Å². The zero-order valence-corrected chi connectivity index (χ0v) is 13.7. The smallest absolute Gasteiger partial charge is 0.303 e. The van der Waals surface area contributed by atoms with E-state index in [1.165, 1.54) is 5.57 Å². The second-order valence-corrected chi connectivity index (χ2v) is 6.47. The van der Waals surface area contributed by atoms with Crippen LogP contribution in [0.25, 0.3) is 0 Å². The van der Waals surface area contributed by atoms with Gasteiger partial charge in [0.2, 0.25) is 0 Å². The van der Waals surface area contributed by atoms with E-state index in [1.54, 1.807) is 12.1 Å². The van der Waals surface area contributed by atoms with E-state index in [9.17, 15) is 15.0 Å². The molecule has 1 aromatic rings.